The van der Waals surface area contributed by atoms with Gasteiger partial charge in [-0.05, 0) is 47.2 Å². The molecule has 0 atom stereocenters. The van der Waals surface area contributed by atoms with Crippen LogP contribution in [0.25, 0.3) is 0 Å². The molecule has 0 aliphatic heterocycles. The molecule has 0 saturated heterocycles. The Labute approximate surface area is 125 Å². The number of amides is 1. The van der Waals surface area contributed by atoms with Crippen LogP contribution >= 0.6 is 22.6 Å². The number of nitrogens with one attached hydrogen (secondary N) is 1. The first-order valence-corrected chi connectivity index (χ1v) is 6.90. The summed E-state index contributed by atoms with van der Waals surface area (Å²) in [4.78, 5) is 11.9. The van der Waals surface area contributed by atoms with Crippen molar-refractivity contribution in [2.45, 2.75) is 6.92 Å². The van der Waals surface area contributed by atoms with E-state index in [0.29, 0.717) is 5.56 Å². The van der Waals surface area contributed by atoms with E-state index in [9.17, 15) is 4.79 Å². The van der Waals surface area contributed by atoms with Crippen molar-refractivity contribution in [3.8, 4) is 0 Å². The largest absolute Gasteiger partial charge is 0.271 e. The monoisotopic (exact) mass is 364 g/mol. The van der Waals surface area contributed by atoms with Gasteiger partial charge in [-0.2, -0.15) is 5.10 Å². The van der Waals surface area contributed by atoms with E-state index in [0.717, 1.165) is 14.7 Å². The third kappa shape index (κ3) is 3.64. The summed E-state index contributed by atoms with van der Waals surface area (Å²) < 4.78 is 1.09. The van der Waals surface area contributed by atoms with E-state index in [1.165, 1.54) is 0 Å². The van der Waals surface area contributed by atoms with E-state index in [4.69, 9.17) is 0 Å². The Hall–Kier alpha value is -1.69. The molecule has 96 valence electrons. The van der Waals surface area contributed by atoms with Gasteiger partial charge in [-0.1, -0.05) is 36.4 Å². The average Bonchev–Trinajstić information content (AvgIpc) is 2.41. The minimum Gasteiger partial charge on any atom is -0.267 e. The molecule has 0 heterocycles. The molecule has 0 aromatic heterocycles. The van der Waals surface area contributed by atoms with Gasteiger partial charge in [-0.3, -0.25) is 4.79 Å². The molecule has 0 aliphatic rings. The standard InChI is InChI=1S/C15H13IN2O/c1-11-6-2-4-8-13(11)15(19)18-17-10-12-7-3-5-9-14(12)16/h2-10H,1H3,(H,18,19). The van der Waals surface area contributed by atoms with Crippen molar-refractivity contribution in [1.29, 1.82) is 0 Å². The molecular weight excluding hydrogens is 351 g/mol. The van der Waals surface area contributed by atoms with Crippen molar-refractivity contribution in [2.24, 2.45) is 5.10 Å². The quantitative estimate of drug-likeness (QED) is 0.507. The zero-order valence-electron chi connectivity index (χ0n) is 10.4. The number of carbonyl (C=O) groups excluding carboxylic acids is 1. The topological polar surface area (TPSA) is 41.5 Å². The molecule has 3 nitrogen and oxygen atoms in total. The molecule has 0 fully saturated rings. The summed E-state index contributed by atoms with van der Waals surface area (Å²) in [6.45, 7) is 1.90. The van der Waals surface area contributed by atoms with Crippen molar-refractivity contribution in [3.63, 3.8) is 0 Å². The van der Waals surface area contributed by atoms with Crippen LogP contribution in [0.1, 0.15) is 21.5 Å². The molecule has 0 saturated carbocycles. The summed E-state index contributed by atoms with van der Waals surface area (Å²) in [6.07, 6.45) is 1.65. The van der Waals surface area contributed by atoms with Crippen LogP contribution in [0.5, 0.6) is 0 Å². The van der Waals surface area contributed by atoms with Gasteiger partial charge in [0, 0.05) is 14.7 Å². The van der Waals surface area contributed by atoms with Gasteiger partial charge in [-0.15, -0.1) is 0 Å². The van der Waals surface area contributed by atoms with Crippen LogP contribution in [0, 0.1) is 10.5 Å². The Bertz CT molecular complexity index is 623. The summed E-state index contributed by atoms with van der Waals surface area (Å²) >= 11 is 2.23. The third-order valence-electron chi connectivity index (χ3n) is 2.66. The zero-order chi connectivity index (χ0) is 13.7. The van der Waals surface area contributed by atoms with Crippen LogP contribution in [0.15, 0.2) is 53.6 Å². The maximum atomic E-state index is 11.9. The minimum absolute atomic E-state index is 0.194. The lowest BCUT2D eigenvalue weighted by molar-refractivity contribution is 0.0954. The molecule has 0 unspecified atom stereocenters. The Morgan fingerprint density at radius 3 is 2.58 bits per heavy atom. The molecule has 0 aliphatic carbocycles. The number of hydrazone groups is 1. The summed E-state index contributed by atoms with van der Waals surface area (Å²) in [5.41, 5.74) is 5.10. The van der Waals surface area contributed by atoms with Gasteiger partial charge in [0.25, 0.3) is 5.91 Å². The van der Waals surface area contributed by atoms with Crippen molar-refractivity contribution in [3.05, 3.63) is 68.8 Å². The van der Waals surface area contributed by atoms with E-state index in [-0.39, 0.29) is 5.91 Å². The van der Waals surface area contributed by atoms with Crippen molar-refractivity contribution in [2.75, 3.05) is 0 Å². The first kappa shape index (κ1) is 13.7. The fourth-order valence-electron chi connectivity index (χ4n) is 1.63. The molecule has 2 aromatic carbocycles. The Morgan fingerprint density at radius 1 is 1.16 bits per heavy atom. The number of nitrogens with zero attached hydrogens (tertiary/aromatic N) is 1. The molecule has 1 N–H and O–H groups in total. The van der Waals surface area contributed by atoms with Crippen LogP contribution < -0.4 is 5.43 Å². The summed E-state index contributed by atoms with van der Waals surface area (Å²) in [5.74, 6) is -0.194. The van der Waals surface area contributed by atoms with Gasteiger partial charge < -0.3 is 0 Å². The highest BCUT2D eigenvalue weighted by Gasteiger charge is 2.06. The van der Waals surface area contributed by atoms with Crippen LogP contribution in [-0.2, 0) is 0 Å². The third-order valence-corrected chi connectivity index (χ3v) is 3.65. The molecule has 0 spiro atoms. The smallest absolute Gasteiger partial charge is 0.267 e. The minimum atomic E-state index is -0.194. The van der Waals surface area contributed by atoms with Crippen LogP contribution in [0.4, 0.5) is 0 Å². The number of halogens is 1. The molecule has 19 heavy (non-hydrogen) atoms. The fraction of sp³-hybridized carbons (Fsp3) is 0.0667. The van der Waals surface area contributed by atoms with E-state index >= 15 is 0 Å². The van der Waals surface area contributed by atoms with Crippen molar-refractivity contribution < 1.29 is 4.79 Å². The number of rotatable bonds is 3. The van der Waals surface area contributed by atoms with Gasteiger partial charge in [0.2, 0.25) is 0 Å². The number of benzene rings is 2. The lowest BCUT2D eigenvalue weighted by Gasteiger charge is -2.03. The van der Waals surface area contributed by atoms with E-state index in [1.54, 1.807) is 12.3 Å². The molecule has 1 amide bonds. The SMILES string of the molecule is Cc1ccccc1C(=O)NN=Cc1ccccc1I. The van der Waals surface area contributed by atoms with Crippen LogP contribution in [-0.4, -0.2) is 12.1 Å². The van der Waals surface area contributed by atoms with Crippen molar-refractivity contribution >= 4 is 34.7 Å². The van der Waals surface area contributed by atoms with Gasteiger partial charge in [-0.25, -0.2) is 5.43 Å². The Kier molecular flexibility index (Phi) is 4.68. The second-order valence-corrected chi connectivity index (χ2v) is 5.20. The zero-order valence-corrected chi connectivity index (χ0v) is 12.6. The van der Waals surface area contributed by atoms with E-state index in [2.05, 4.69) is 33.1 Å². The molecule has 0 radical (unpaired) electrons. The molecule has 4 heteroatoms. The molecule has 0 bridgehead atoms. The highest BCUT2D eigenvalue weighted by Crippen LogP contribution is 2.09. The van der Waals surface area contributed by atoms with Crippen molar-refractivity contribution in [1.82, 2.24) is 5.43 Å². The maximum Gasteiger partial charge on any atom is 0.271 e. The normalized spacial score (nSPS) is 10.6. The maximum absolute atomic E-state index is 11.9. The second kappa shape index (κ2) is 6.47. The van der Waals surface area contributed by atoms with Gasteiger partial charge in [0.05, 0.1) is 6.21 Å². The lowest BCUT2D eigenvalue weighted by atomic mass is 10.1. The number of hydrogen-bond donors (Lipinski definition) is 1. The Morgan fingerprint density at radius 2 is 1.84 bits per heavy atom. The Balaban J connectivity index is 2.06. The number of carbonyl (C=O) groups is 1. The highest BCUT2D eigenvalue weighted by atomic mass is 127. The first-order chi connectivity index (χ1) is 9.18. The highest BCUT2D eigenvalue weighted by molar-refractivity contribution is 14.1. The van der Waals surface area contributed by atoms with Gasteiger partial charge in [0.1, 0.15) is 0 Å². The van der Waals surface area contributed by atoms with Crippen LogP contribution in [0.2, 0.25) is 0 Å². The average molecular weight is 364 g/mol. The summed E-state index contributed by atoms with van der Waals surface area (Å²) in [5, 5.41) is 3.99. The molecule has 2 aromatic rings. The van der Waals surface area contributed by atoms with E-state index < -0.39 is 0 Å². The fourth-order valence-corrected chi connectivity index (χ4v) is 2.15. The van der Waals surface area contributed by atoms with Gasteiger partial charge >= 0.3 is 0 Å². The van der Waals surface area contributed by atoms with Gasteiger partial charge in [0.15, 0.2) is 0 Å². The summed E-state index contributed by atoms with van der Waals surface area (Å²) in [7, 11) is 0. The number of aryl methyl sites for hydroxylation is 1. The molecule has 2 rings (SSSR count). The second-order valence-electron chi connectivity index (χ2n) is 4.04. The lowest BCUT2D eigenvalue weighted by Crippen LogP contribution is -2.18. The predicted molar refractivity (Wildman–Crippen MR) is 85.4 cm³/mol. The molecular formula is C15H13IN2O. The number of hydrogen-bond acceptors (Lipinski definition) is 2. The van der Waals surface area contributed by atoms with Crippen LogP contribution in [0.3, 0.4) is 0 Å². The predicted octanol–water partition coefficient (Wildman–Crippen LogP) is 3.36. The van der Waals surface area contributed by atoms with E-state index in [1.807, 2.05) is 49.4 Å². The first-order valence-electron chi connectivity index (χ1n) is 5.82. The summed E-state index contributed by atoms with van der Waals surface area (Å²) in [6, 6.07) is 15.3.